The quantitative estimate of drug-likeness (QED) is 0.168. The van der Waals surface area contributed by atoms with E-state index < -0.39 is 5.60 Å². The second kappa shape index (κ2) is 10.7. The molecule has 0 fully saturated rings. The van der Waals surface area contributed by atoms with Gasteiger partial charge in [0.05, 0.1) is 5.56 Å². The van der Waals surface area contributed by atoms with Crippen molar-refractivity contribution in [3.05, 3.63) is 113 Å². The van der Waals surface area contributed by atoms with E-state index in [1.807, 2.05) is 92.7 Å². The Labute approximate surface area is 235 Å². The van der Waals surface area contributed by atoms with Gasteiger partial charge in [-0.3, -0.25) is 0 Å². The summed E-state index contributed by atoms with van der Waals surface area (Å²) in [6.45, 7) is 7.74. The Kier molecular flexibility index (Phi) is 6.95. The van der Waals surface area contributed by atoms with Gasteiger partial charge in [-0.2, -0.15) is 0 Å². The Balaban J connectivity index is 1.42. The molecule has 204 valence electrons. The average molecular weight is 535 g/mol. The van der Waals surface area contributed by atoms with E-state index in [-0.39, 0.29) is 12.0 Å². The predicted octanol–water partition coefficient (Wildman–Crippen LogP) is 7.92. The van der Waals surface area contributed by atoms with E-state index >= 15 is 0 Å². The summed E-state index contributed by atoms with van der Waals surface area (Å²) in [7, 11) is 0. The Hall–Kier alpha value is -4.29. The first-order valence-electron chi connectivity index (χ1n) is 14.0. The highest BCUT2D eigenvalue weighted by atomic mass is 16.6. The number of ether oxygens (including phenoxy) is 3. The van der Waals surface area contributed by atoms with Crippen LogP contribution in [0.25, 0.3) is 0 Å². The molecule has 2 N–H and O–H groups in total. The average Bonchev–Trinajstić information content (AvgIpc) is 3.25. The number of para-hydroxylation sites is 1. The molecule has 0 saturated carbocycles. The van der Waals surface area contributed by atoms with Gasteiger partial charge in [0, 0.05) is 59.1 Å². The Morgan fingerprint density at radius 1 is 0.875 bits per heavy atom. The molecule has 1 spiro atoms. The minimum absolute atomic E-state index is 0.266. The van der Waals surface area contributed by atoms with Gasteiger partial charge in [-0.1, -0.05) is 36.4 Å². The summed E-state index contributed by atoms with van der Waals surface area (Å²) in [4.78, 5) is 13.3. The first-order chi connectivity index (χ1) is 19.5. The molecule has 2 heterocycles. The number of carbonyl (C=O) groups is 1. The van der Waals surface area contributed by atoms with E-state index in [2.05, 4.69) is 23.6 Å². The highest BCUT2D eigenvalue weighted by Gasteiger charge is 2.53. The number of fused-ring (bicyclic) bond motifs is 6. The molecule has 6 rings (SSSR count). The van der Waals surface area contributed by atoms with Crippen molar-refractivity contribution in [2.24, 2.45) is 0 Å². The van der Waals surface area contributed by atoms with Crippen molar-refractivity contribution < 1.29 is 19.0 Å². The van der Waals surface area contributed by atoms with E-state index in [0.29, 0.717) is 17.1 Å². The van der Waals surface area contributed by atoms with Crippen molar-refractivity contribution in [2.45, 2.75) is 45.3 Å². The molecule has 2 aliphatic heterocycles. The van der Waals surface area contributed by atoms with Crippen molar-refractivity contribution in [2.75, 3.05) is 23.8 Å². The van der Waals surface area contributed by atoms with E-state index in [4.69, 9.17) is 14.2 Å². The lowest BCUT2D eigenvalue weighted by atomic mass is 9.77. The Morgan fingerprint density at radius 3 is 2.48 bits per heavy atom. The maximum Gasteiger partial charge on any atom is 0.340 e. The zero-order chi connectivity index (χ0) is 27.7. The Bertz CT molecular complexity index is 1550. The van der Waals surface area contributed by atoms with Gasteiger partial charge in [0.1, 0.15) is 11.5 Å². The van der Waals surface area contributed by atoms with Crippen LogP contribution in [0, 0.1) is 6.92 Å². The molecule has 2 atom stereocenters. The van der Waals surface area contributed by atoms with Crippen LogP contribution in [-0.2, 0) is 15.1 Å². The molecule has 0 aromatic heterocycles. The number of carbonyl (C=O) groups excluding carboxylic acids is 1. The van der Waals surface area contributed by atoms with Crippen LogP contribution in [0.1, 0.15) is 59.3 Å². The van der Waals surface area contributed by atoms with Gasteiger partial charge >= 0.3 is 5.97 Å². The fourth-order valence-electron chi connectivity index (χ4n) is 5.71. The number of rotatable bonds is 9. The number of hydrogen-bond acceptors (Lipinski definition) is 6. The number of nitrogens with one attached hydrogen (secondary N) is 2. The summed E-state index contributed by atoms with van der Waals surface area (Å²) in [5.74, 6) is 1.01. The first kappa shape index (κ1) is 26.0. The summed E-state index contributed by atoms with van der Waals surface area (Å²) in [6.07, 6.45) is 1.98. The normalized spacial score (nSPS) is 17.3. The molecular formula is C34H34N2O4. The number of aryl methyl sites for hydroxylation is 1. The smallest absolute Gasteiger partial charge is 0.340 e. The molecule has 0 radical (unpaired) electrons. The standard InChI is InChI=1S/C34H34N2O4/c1-4-38-18-10-11-23(3)35-25-16-17-28-32(20-25)39-31-19-22(2)30(36-24-12-6-5-7-13-24)21-29(31)34(28)27-15-9-8-14-26(27)33(37)40-34/h5-9,12-17,19-21,23,35-36H,4,10-11,18H2,1-3H3. The van der Waals surface area contributed by atoms with Gasteiger partial charge in [-0.15, -0.1) is 0 Å². The third-order valence-electron chi connectivity index (χ3n) is 7.65. The van der Waals surface area contributed by atoms with E-state index in [0.717, 1.165) is 65.4 Å². The molecule has 0 bridgehead atoms. The largest absolute Gasteiger partial charge is 0.456 e. The van der Waals surface area contributed by atoms with Crippen LogP contribution in [0.5, 0.6) is 11.5 Å². The molecule has 0 amide bonds. The maximum absolute atomic E-state index is 13.3. The van der Waals surface area contributed by atoms with Crippen LogP contribution in [-0.4, -0.2) is 25.2 Å². The summed E-state index contributed by atoms with van der Waals surface area (Å²) >= 11 is 0. The minimum atomic E-state index is -1.11. The summed E-state index contributed by atoms with van der Waals surface area (Å²) < 4.78 is 18.4. The van der Waals surface area contributed by atoms with Crippen LogP contribution in [0.15, 0.2) is 84.9 Å². The van der Waals surface area contributed by atoms with Crippen molar-refractivity contribution >= 4 is 23.0 Å². The van der Waals surface area contributed by atoms with Gasteiger partial charge in [-0.05, 0) is 81.6 Å². The summed E-state index contributed by atoms with van der Waals surface area (Å²) in [6, 6.07) is 28.1. The van der Waals surface area contributed by atoms with Crippen LogP contribution in [0.2, 0.25) is 0 Å². The van der Waals surface area contributed by atoms with Crippen LogP contribution in [0.3, 0.4) is 0 Å². The lowest BCUT2D eigenvalue weighted by Gasteiger charge is -2.37. The highest BCUT2D eigenvalue weighted by molar-refractivity contribution is 5.97. The van der Waals surface area contributed by atoms with Crippen molar-refractivity contribution in [3.63, 3.8) is 0 Å². The van der Waals surface area contributed by atoms with Crippen LogP contribution in [0.4, 0.5) is 17.1 Å². The van der Waals surface area contributed by atoms with Crippen molar-refractivity contribution in [1.82, 2.24) is 0 Å². The molecule has 6 heteroatoms. The Morgan fingerprint density at radius 2 is 1.65 bits per heavy atom. The van der Waals surface area contributed by atoms with E-state index in [1.165, 1.54) is 0 Å². The van der Waals surface area contributed by atoms with Gasteiger partial charge in [0.15, 0.2) is 5.60 Å². The third kappa shape index (κ3) is 4.58. The first-order valence-corrected chi connectivity index (χ1v) is 14.0. The molecule has 0 aliphatic carbocycles. The summed E-state index contributed by atoms with van der Waals surface area (Å²) in [5, 5.41) is 7.12. The molecule has 4 aromatic rings. The highest BCUT2D eigenvalue weighted by Crippen LogP contribution is 2.57. The second-order valence-electron chi connectivity index (χ2n) is 10.5. The number of anilines is 3. The lowest BCUT2D eigenvalue weighted by molar-refractivity contribution is 0.0224. The minimum Gasteiger partial charge on any atom is -0.456 e. The van der Waals surface area contributed by atoms with Gasteiger partial charge in [0.2, 0.25) is 0 Å². The van der Waals surface area contributed by atoms with Crippen molar-refractivity contribution in [1.29, 1.82) is 0 Å². The van der Waals surface area contributed by atoms with E-state index in [1.54, 1.807) is 0 Å². The number of esters is 1. The second-order valence-corrected chi connectivity index (χ2v) is 10.5. The maximum atomic E-state index is 13.3. The predicted molar refractivity (Wildman–Crippen MR) is 158 cm³/mol. The lowest BCUT2D eigenvalue weighted by Crippen LogP contribution is -2.33. The third-order valence-corrected chi connectivity index (χ3v) is 7.65. The number of hydrogen-bond donors (Lipinski definition) is 2. The van der Waals surface area contributed by atoms with Crippen LogP contribution < -0.4 is 15.4 Å². The van der Waals surface area contributed by atoms with E-state index in [9.17, 15) is 4.79 Å². The van der Waals surface area contributed by atoms with Crippen LogP contribution >= 0.6 is 0 Å². The zero-order valence-electron chi connectivity index (χ0n) is 23.1. The molecule has 2 unspecified atom stereocenters. The molecule has 6 nitrogen and oxygen atoms in total. The van der Waals surface area contributed by atoms with Gasteiger partial charge in [0.25, 0.3) is 0 Å². The molecule has 40 heavy (non-hydrogen) atoms. The molecule has 4 aromatic carbocycles. The van der Waals surface area contributed by atoms with Gasteiger partial charge in [-0.25, -0.2) is 4.79 Å². The van der Waals surface area contributed by atoms with Crippen molar-refractivity contribution in [3.8, 4) is 11.5 Å². The fourth-order valence-corrected chi connectivity index (χ4v) is 5.71. The summed E-state index contributed by atoms with van der Waals surface area (Å²) in [5.41, 5.74) is 5.78. The SMILES string of the molecule is CCOCCCC(C)Nc1ccc2c(c1)Oc1cc(C)c(Nc3ccccc3)cc1C21OC(=O)c2ccccc21. The monoisotopic (exact) mass is 534 g/mol. The molecule has 0 saturated heterocycles. The van der Waals surface area contributed by atoms with Gasteiger partial charge < -0.3 is 24.8 Å². The number of benzene rings is 4. The topological polar surface area (TPSA) is 68.8 Å². The fraction of sp³-hybridized carbons (Fsp3) is 0.265. The molecular weight excluding hydrogens is 500 g/mol. The zero-order valence-corrected chi connectivity index (χ0v) is 23.1. The molecule has 2 aliphatic rings.